The van der Waals surface area contributed by atoms with E-state index >= 15 is 0 Å². The first-order valence-corrected chi connectivity index (χ1v) is 6.69. The van der Waals surface area contributed by atoms with E-state index in [4.69, 9.17) is 0 Å². The number of nitrogens with zero attached hydrogens (tertiary/aromatic N) is 4. The lowest BCUT2D eigenvalue weighted by atomic mass is 10.2. The van der Waals surface area contributed by atoms with Crippen LogP contribution in [0.5, 0.6) is 0 Å². The summed E-state index contributed by atoms with van der Waals surface area (Å²) >= 11 is 0. The Hall–Kier alpha value is -1.43. The topological polar surface area (TPSA) is 74.2 Å². The van der Waals surface area contributed by atoms with E-state index in [9.17, 15) is 5.11 Å². The van der Waals surface area contributed by atoms with Gasteiger partial charge in [-0.25, -0.2) is 0 Å². The number of nitrogens with one attached hydrogen (secondary N) is 1. The molecular weight excluding hydrogens is 230 g/mol. The van der Waals surface area contributed by atoms with Gasteiger partial charge in [0.2, 0.25) is 11.9 Å². The lowest BCUT2D eigenvalue weighted by Crippen LogP contribution is -2.51. The van der Waals surface area contributed by atoms with E-state index in [1.165, 1.54) is 12.8 Å². The molecule has 1 saturated carbocycles. The third-order valence-electron chi connectivity index (χ3n) is 3.20. The van der Waals surface area contributed by atoms with E-state index in [1.807, 2.05) is 4.90 Å². The number of β-amino-alcohol motifs (C(OH)–C–C–N with tert-alkyl or cyclic N) is 1. The van der Waals surface area contributed by atoms with Gasteiger partial charge < -0.3 is 15.3 Å². The maximum absolute atomic E-state index is 9.35. The maximum Gasteiger partial charge on any atom is 0.230 e. The van der Waals surface area contributed by atoms with E-state index in [0.717, 1.165) is 18.7 Å². The fourth-order valence-electron chi connectivity index (χ4n) is 1.98. The zero-order valence-electron chi connectivity index (χ0n) is 10.6. The molecule has 1 aromatic rings. The molecule has 2 heterocycles. The normalized spacial score (nSPS) is 19.8. The summed E-state index contributed by atoms with van der Waals surface area (Å²) in [6.45, 7) is 3.36. The quantitative estimate of drug-likeness (QED) is 0.795. The van der Waals surface area contributed by atoms with Crippen molar-refractivity contribution in [2.75, 3.05) is 23.3 Å². The average Bonchev–Trinajstić information content (AvgIpc) is 3.09. The van der Waals surface area contributed by atoms with Crippen molar-refractivity contribution in [2.24, 2.45) is 0 Å². The third-order valence-corrected chi connectivity index (χ3v) is 3.20. The Morgan fingerprint density at radius 1 is 1.28 bits per heavy atom. The predicted octanol–water partition coefficient (Wildman–Crippen LogP) is 0.579. The number of aryl methyl sites for hydroxylation is 1. The highest BCUT2D eigenvalue weighted by Crippen LogP contribution is 2.24. The molecule has 2 N–H and O–H groups in total. The molecule has 0 spiro atoms. The Balaban J connectivity index is 1.79. The molecule has 0 radical (unpaired) electrons. The number of rotatable bonds is 5. The van der Waals surface area contributed by atoms with Crippen molar-refractivity contribution in [3.05, 3.63) is 5.82 Å². The van der Waals surface area contributed by atoms with Crippen LogP contribution in [0.25, 0.3) is 0 Å². The van der Waals surface area contributed by atoms with Gasteiger partial charge in [-0.05, 0) is 19.3 Å². The third kappa shape index (κ3) is 2.53. The number of hydrogen-bond donors (Lipinski definition) is 2. The van der Waals surface area contributed by atoms with Crippen molar-refractivity contribution in [1.29, 1.82) is 0 Å². The van der Waals surface area contributed by atoms with Gasteiger partial charge in [-0.15, -0.1) is 0 Å². The van der Waals surface area contributed by atoms with Gasteiger partial charge in [0, 0.05) is 25.6 Å². The Bertz CT molecular complexity index is 428. The van der Waals surface area contributed by atoms with Crippen LogP contribution in [0.15, 0.2) is 0 Å². The monoisotopic (exact) mass is 249 g/mol. The van der Waals surface area contributed by atoms with Crippen LogP contribution < -0.4 is 10.2 Å². The average molecular weight is 249 g/mol. The number of aliphatic hydroxyl groups excluding tert-OH is 1. The van der Waals surface area contributed by atoms with Crippen LogP contribution in [-0.2, 0) is 6.42 Å². The molecule has 0 aromatic carbocycles. The van der Waals surface area contributed by atoms with Crippen molar-refractivity contribution < 1.29 is 5.11 Å². The molecule has 0 amide bonds. The van der Waals surface area contributed by atoms with E-state index in [-0.39, 0.29) is 6.10 Å². The highest BCUT2D eigenvalue weighted by Gasteiger charge is 2.28. The van der Waals surface area contributed by atoms with Gasteiger partial charge in [-0.3, -0.25) is 0 Å². The smallest absolute Gasteiger partial charge is 0.230 e. The summed E-state index contributed by atoms with van der Waals surface area (Å²) in [5, 5.41) is 12.7. The van der Waals surface area contributed by atoms with Crippen LogP contribution in [-0.4, -0.2) is 45.3 Å². The Morgan fingerprint density at radius 2 is 2.06 bits per heavy atom. The van der Waals surface area contributed by atoms with Crippen LogP contribution in [0.1, 0.15) is 32.0 Å². The molecule has 1 aromatic heterocycles. The summed E-state index contributed by atoms with van der Waals surface area (Å²) in [5.41, 5.74) is 0. The second-order valence-corrected chi connectivity index (χ2v) is 5.10. The van der Waals surface area contributed by atoms with Gasteiger partial charge in [0.25, 0.3) is 0 Å². The van der Waals surface area contributed by atoms with E-state index in [2.05, 4.69) is 27.2 Å². The van der Waals surface area contributed by atoms with Crippen LogP contribution >= 0.6 is 0 Å². The molecule has 2 aliphatic rings. The molecule has 0 unspecified atom stereocenters. The van der Waals surface area contributed by atoms with E-state index < -0.39 is 0 Å². The second-order valence-electron chi connectivity index (χ2n) is 5.10. The first-order chi connectivity index (χ1) is 8.74. The summed E-state index contributed by atoms with van der Waals surface area (Å²) in [7, 11) is 0. The van der Waals surface area contributed by atoms with Crippen molar-refractivity contribution in [1.82, 2.24) is 15.0 Å². The number of aromatic nitrogens is 3. The van der Waals surface area contributed by atoms with Crippen LogP contribution in [0, 0.1) is 0 Å². The summed E-state index contributed by atoms with van der Waals surface area (Å²) in [6.07, 6.45) is 4.05. The minimum Gasteiger partial charge on any atom is -0.389 e. The van der Waals surface area contributed by atoms with Gasteiger partial charge in [-0.1, -0.05) is 6.92 Å². The standard InChI is InChI=1S/C12H19N5O/c1-2-3-10-14-11(13-8-4-5-8)16-12(15-10)17-6-9(18)7-17/h8-9,18H,2-7H2,1H3,(H,13,14,15,16). The molecule has 1 aliphatic carbocycles. The predicted molar refractivity (Wildman–Crippen MR) is 68.7 cm³/mol. The van der Waals surface area contributed by atoms with Gasteiger partial charge >= 0.3 is 0 Å². The summed E-state index contributed by atoms with van der Waals surface area (Å²) in [4.78, 5) is 15.3. The van der Waals surface area contributed by atoms with Crippen molar-refractivity contribution in [2.45, 2.75) is 44.8 Å². The second kappa shape index (κ2) is 4.68. The zero-order valence-corrected chi connectivity index (χ0v) is 10.6. The Morgan fingerprint density at radius 3 is 2.67 bits per heavy atom. The van der Waals surface area contributed by atoms with Crippen LogP contribution in [0.2, 0.25) is 0 Å². The summed E-state index contributed by atoms with van der Waals surface area (Å²) in [6, 6.07) is 0.539. The Kier molecular flexibility index (Phi) is 3.03. The van der Waals surface area contributed by atoms with Crippen molar-refractivity contribution in [3.63, 3.8) is 0 Å². The lowest BCUT2D eigenvalue weighted by Gasteiger charge is -2.35. The van der Waals surface area contributed by atoms with Crippen LogP contribution in [0.4, 0.5) is 11.9 Å². The van der Waals surface area contributed by atoms with Gasteiger partial charge in [0.15, 0.2) is 0 Å². The van der Waals surface area contributed by atoms with E-state index in [1.54, 1.807) is 0 Å². The molecule has 18 heavy (non-hydrogen) atoms. The van der Waals surface area contributed by atoms with Crippen molar-refractivity contribution >= 4 is 11.9 Å². The molecule has 2 fully saturated rings. The largest absolute Gasteiger partial charge is 0.389 e. The van der Waals surface area contributed by atoms with Crippen LogP contribution in [0.3, 0.4) is 0 Å². The molecule has 1 aliphatic heterocycles. The highest BCUT2D eigenvalue weighted by atomic mass is 16.3. The first-order valence-electron chi connectivity index (χ1n) is 6.69. The molecule has 1 saturated heterocycles. The van der Waals surface area contributed by atoms with Crippen molar-refractivity contribution in [3.8, 4) is 0 Å². The lowest BCUT2D eigenvalue weighted by molar-refractivity contribution is 0.140. The maximum atomic E-state index is 9.35. The molecular formula is C12H19N5O. The summed E-state index contributed by atoms with van der Waals surface area (Å²) in [5.74, 6) is 2.22. The highest BCUT2D eigenvalue weighted by molar-refractivity contribution is 5.41. The first kappa shape index (κ1) is 11.6. The van der Waals surface area contributed by atoms with Gasteiger partial charge in [-0.2, -0.15) is 15.0 Å². The Labute approximate surface area is 106 Å². The molecule has 3 rings (SSSR count). The fourth-order valence-corrected chi connectivity index (χ4v) is 1.98. The van der Waals surface area contributed by atoms with Gasteiger partial charge in [0.05, 0.1) is 6.10 Å². The summed E-state index contributed by atoms with van der Waals surface area (Å²) < 4.78 is 0. The minimum atomic E-state index is -0.240. The number of aliphatic hydroxyl groups is 1. The van der Waals surface area contributed by atoms with Gasteiger partial charge in [0.1, 0.15) is 5.82 Å². The number of anilines is 2. The molecule has 98 valence electrons. The zero-order chi connectivity index (χ0) is 12.5. The molecule has 6 heteroatoms. The molecule has 6 nitrogen and oxygen atoms in total. The van der Waals surface area contributed by atoms with E-state index in [0.29, 0.717) is 31.0 Å². The number of hydrogen-bond acceptors (Lipinski definition) is 6. The molecule has 0 atom stereocenters. The fraction of sp³-hybridized carbons (Fsp3) is 0.750. The SMILES string of the molecule is CCCc1nc(NC2CC2)nc(N2CC(O)C2)n1. The minimum absolute atomic E-state index is 0.240. The molecule has 0 bridgehead atoms.